The molecule has 1 aromatic carbocycles. The van der Waals surface area contributed by atoms with Gasteiger partial charge in [-0.1, -0.05) is 31.9 Å². The van der Waals surface area contributed by atoms with E-state index in [-0.39, 0.29) is 44.6 Å². The summed E-state index contributed by atoms with van der Waals surface area (Å²) in [6, 6.07) is 4.96. The zero-order valence-electron chi connectivity index (χ0n) is 13.2. The van der Waals surface area contributed by atoms with Crippen molar-refractivity contribution in [2.75, 3.05) is 0 Å². The summed E-state index contributed by atoms with van der Waals surface area (Å²) in [7, 11) is 0. The number of carbonyl (C=O) groups excluding carboxylic acids is 3. The summed E-state index contributed by atoms with van der Waals surface area (Å²) in [5.41, 5.74) is 2.35. The van der Waals surface area contributed by atoms with E-state index in [0.717, 1.165) is 11.4 Å². The number of nitro groups is 1. The predicted octanol–water partition coefficient (Wildman–Crippen LogP) is 2.02. The lowest BCUT2D eigenvalue weighted by Gasteiger charge is -2.28. The Morgan fingerprint density at radius 1 is 1.08 bits per heavy atom. The maximum absolute atomic E-state index is 12.7. The number of fused-ring (bicyclic) bond motifs is 5. The van der Waals surface area contributed by atoms with E-state index in [1.165, 1.54) is 24.3 Å². The van der Waals surface area contributed by atoms with Crippen LogP contribution in [0, 0.1) is 33.8 Å². The van der Waals surface area contributed by atoms with Gasteiger partial charge in [0.05, 0.1) is 16.8 Å². The van der Waals surface area contributed by atoms with Gasteiger partial charge in [-0.15, -0.1) is 0 Å². The minimum atomic E-state index is -0.653. The van der Waals surface area contributed by atoms with Gasteiger partial charge < -0.3 is 0 Å². The number of nitro benzene ring substituents is 1. The van der Waals surface area contributed by atoms with E-state index in [4.69, 9.17) is 0 Å². The Labute approximate surface area is 164 Å². The fourth-order valence-electron chi connectivity index (χ4n) is 4.36. The SMILES string of the molecule is O=C(NN1C(=O)[C@@H]2[C@H]3C[C@@H]([C@H](Br)[C@H]3Br)[C@H]2C1=O)c1ccc([N+](=O)[O-])cc1. The van der Waals surface area contributed by atoms with Crippen LogP contribution in [0.3, 0.4) is 0 Å². The average molecular weight is 487 g/mol. The molecule has 1 heterocycles. The molecule has 4 rings (SSSR count). The van der Waals surface area contributed by atoms with Crippen LogP contribution < -0.4 is 5.43 Å². The first kappa shape index (κ1) is 17.6. The average Bonchev–Trinajstić information content (AvgIpc) is 3.22. The summed E-state index contributed by atoms with van der Waals surface area (Å²) in [5.74, 6) is -2.12. The van der Waals surface area contributed by atoms with Crippen LogP contribution in [0.15, 0.2) is 24.3 Å². The van der Waals surface area contributed by atoms with Gasteiger partial charge in [0, 0.05) is 27.4 Å². The van der Waals surface area contributed by atoms with Crippen molar-refractivity contribution >= 4 is 55.3 Å². The largest absolute Gasteiger partial charge is 0.272 e. The third-order valence-electron chi connectivity index (χ3n) is 5.54. The highest BCUT2D eigenvalue weighted by atomic mass is 79.9. The molecule has 1 saturated heterocycles. The number of imide groups is 1. The van der Waals surface area contributed by atoms with Crippen LogP contribution in [0.1, 0.15) is 16.8 Å². The van der Waals surface area contributed by atoms with E-state index in [2.05, 4.69) is 37.3 Å². The van der Waals surface area contributed by atoms with Gasteiger partial charge in [-0.2, -0.15) is 5.01 Å². The Bertz CT molecular complexity index is 798. The highest BCUT2D eigenvalue weighted by Crippen LogP contribution is 2.59. The van der Waals surface area contributed by atoms with Gasteiger partial charge in [0.2, 0.25) is 0 Å². The standard InChI is InChI=1S/C16H13Br2N3O5/c17-12-8-5-9(13(12)18)11-10(8)15(23)20(16(11)24)19-14(22)6-1-3-7(4-2-6)21(25)26/h1-4,8-13H,5H2,(H,19,22)/t8-,9-,10-,11-,12+,13+/m1/s1. The van der Waals surface area contributed by atoms with Gasteiger partial charge in [0.25, 0.3) is 23.4 Å². The summed E-state index contributed by atoms with van der Waals surface area (Å²) in [6.45, 7) is 0. The lowest BCUT2D eigenvalue weighted by molar-refractivity contribution is -0.384. The Hall–Kier alpha value is -1.81. The molecular weight excluding hydrogens is 474 g/mol. The van der Waals surface area contributed by atoms with Crippen molar-refractivity contribution in [1.82, 2.24) is 10.4 Å². The lowest BCUT2D eigenvalue weighted by atomic mass is 9.81. The third-order valence-corrected chi connectivity index (χ3v) is 8.75. The quantitative estimate of drug-likeness (QED) is 0.304. The summed E-state index contributed by atoms with van der Waals surface area (Å²) < 4.78 is 0. The lowest BCUT2D eigenvalue weighted by Crippen LogP contribution is -2.47. The predicted molar refractivity (Wildman–Crippen MR) is 96.4 cm³/mol. The van der Waals surface area contributed by atoms with Crippen molar-refractivity contribution in [3.05, 3.63) is 39.9 Å². The molecule has 3 amide bonds. The molecule has 0 unspecified atom stereocenters. The fourth-order valence-corrected chi connectivity index (χ4v) is 6.23. The van der Waals surface area contributed by atoms with Crippen molar-refractivity contribution < 1.29 is 19.3 Å². The Morgan fingerprint density at radius 2 is 1.58 bits per heavy atom. The molecule has 0 radical (unpaired) electrons. The van der Waals surface area contributed by atoms with Crippen LogP contribution in [0.25, 0.3) is 0 Å². The fraction of sp³-hybridized carbons (Fsp3) is 0.438. The van der Waals surface area contributed by atoms with Gasteiger partial charge in [0.15, 0.2) is 0 Å². The molecule has 2 aliphatic carbocycles. The second-order valence-electron chi connectivity index (χ2n) is 6.76. The van der Waals surface area contributed by atoms with E-state index in [9.17, 15) is 24.5 Å². The number of hydrogen-bond acceptors (Lipinski definition) is 5. The van der Waals surface area contributed by atoms with E-state index in [0.29, 0.717) is 0 Å². The van der Waals surface area contributed by atoms with E-state index < -0.39 is 22.7 Å². The number of hydrazine groups is 1. The van der Waals surface area contributed by atoms with Crippen LogP contribution in [0.5, 0.6) is 0 Å². The van der Waals surface area contributed by atoms with Gasteiger partial charge in [-0.25, -0.2) is 0 Å². The number of nitrogens with one attached hydrogen (secondary N) is 1. The second-order valence-corrected chi connectivity index (χ2v) is 8.88. The molecule has 10 heteroatoms. The first-order chi connectivity index (χ1) is 12.3. The van der Waals surface area contributed by atoms with Crippen LogP contribution in [0.2, 0.25) is 0 Å². The van der Waals surface area contributed by atoms with Crippen molar-refractivity contribution in [1.29, 1.82) is 0 Å². The summed E-state index contributed by atoms with van der Waals surface area (Å²) in [6.07, 6.45) is 0.808. The molecule has 2 bridgehead atoms. The van der Waals surface area contributed by atoms with Crippen LogP contribution in [-0.2, 0) is 9.59 Å². The molecule has 1 N–H and O–H groups in total. The number of halogens is 2. The first-order valence-corrected chi connectivity index (χ1v) is 9.85. The van der Waals surface area contributed by atoms with Gasteiger partial charge in [-0.05, 0) is 30.4 Å². The highest BCUT2D eigenvalue weighted by molar-refractivity contribution is 9.12. The van der Waals surface area contributed by atoms with Crippen molar-refractivity contribution in [2.24, 2.45) is 23.7 Å². The monoisotopic (exact) mass is 485 g/mol. The molecule has 3 fully saturated rings. The summed E-state index contributed by atoms with van der Waals surface area (Å²) in [4.78, 5) is 48.1. The maximum atomic E-state index is 12.7. The summed E-state index contributed by atoms with van der Waals surface area (Å²) in [5, 5.41) is 11.5. The van der Waals surface area contributed by atoms with E-state index in [1.54, 1.807) is 0 Å². The van der Waals surface area contributed by atoms with Crippen LogP contribution in [-0.4, -0.2) is 37.3 Å². The third kappa shape index (κ3) is 2.42. The van der Waals surface area contributed by atoms with Gasteiger partial charge >= 0.3 is 0 Å². The Balaban J connectivity index is 1.52. The molecule has 8 nitrogen and oxygen atoms in total. The van der Waals surface area contributed by atoms with Crippen LogP contribution in [0.4, 0.5) is 5.69 Å². The minimum Gasteiger partial charge on any atom is -0.272 e. The number of non-ortho nitro benzene ring substituents is 1. The molecule has 26 heavy (non-hydrogen) atoms. The van der Waals surface area contributed by atoms with Crippen LogP contribution >= 0.6 is 31.9 Å². The number of amides is 3. The molecule has 0 spiro atoms. The van der Waals surface area contributed by atoms with Gasteiger partial charge in [0.1, 0.15) is 0 Å². The normalized spacial score (nSPS) is 34.9. The highest BCUT2D eigenvalue weighted by Gasteiger charge is 2.66. The topological polar surface area (TPSA) is 110 Å². The number of nitrogens with zero attached hydrogens (tertiary/aromatic N) is 2. The number of hydrogen-bond donors (Lipinski definition) is 1. The zero-order valence-corrected chi connectivity index (χ0v) is 16.3. The number of carbonyl (C=O) groups is 3. The Morgan fingerprint density at radius 3 is 2.04 bits per heavy atom. The molecule has 2 saturated carbocycles. The zero-order chi connectivity index (χ0) is 18.7. The van der Waals surface area contributed by atoms with Crippen molar-refractivity contribution in [3.8, 4) is 0 Å². The molecule has 6 atom stereocenters. The van der Waals surface area contributed by atoms with E-state index in [1.807, 2.05) is 0 Å². The van der Waals surface area contributed by atoms with Gasteiger partial charge in [-0.3, -0.25) is 29.9 Å². The maximum Gasteiger partial charge on any atom is 0.270 e. The molecule has 3 aliphatic rings. The van der Waals surface area contributed by atoms with Crippen molar-refractivity contribution in [3.63, 3.8) is 0 Å². The Kier molecular flexibility index (Phi) is 4.14. The first-order valence-electron chi connectivity index (χ1n) is 8.02. The molecule has 1 aromatic rings. The molecular formula is C16H13Br2N3O5. The number of alkyl halides is 2. The molecule has 0 aromatic heterocycles. The van der Waals surface area contributed by atoms with Crippen molar-refractivity contribution in [2.45, 2.75) is 16.1 Å². The molecule has 1 aliphatic heterocycles. The number of benzene rings is 1. The smallest absolute Gasteiger partial charge is 0.270 e. The molecule has 136 valence electrons. The summed E-state index contributed by atoms with van der Waals surface area (Å²) >= 11 is 7.20. The number of rotatable bonds is 3. The second kappa shape index (κ2) is 6.12. The van der Waals surface area contributed by atoms with E-state index >= 15 is 0 Å². The minimum absolute atomic E-state index is 0.0621.